The van der Waals surface area contributed by atoms with Gasteiger partial charge >= 0.3 is 5.97 Å². The van der Waals surface area contributed by atoms with Gasteiger partial charge in [0.2, 0.25) is 0 Å². The number of carbonyl (C=O) groups is 1. The van der Waals surface area contributed by atoms with Crippen LogP contribution in [0.4, 0.5) is 0 Å². The van der Waals surface area contributed by atoms with Crippen LogP contribution in [0, 0.1) is 0 Å². The van der Waals surface area contributed by atoms with Crippen molar-refractivity contribution in [2.75, 3.05) is 0 Å². The molecule has 0 aliphatic rings. The Morgan fingerprint density at radius 1 is 1.53 bits per heavy atom. The molecule has 1 unspecified atom stereocenters. The van der Waals surface area contributed by atoms with Crippen molar-refractivity contribution in [1.29, 1.82) is 0 Å². The highest BCUT2D eigenvalue weighted by molar-refractivity contribution is 7.09. The summed E-state index contributed by atoms with van der Waals surface area (Å²) < 4.78 is 0. The highest BCUT2D eigenvalue weighted by atomic mass is 32.1. The minimum absolute atomic E-state index is 0.120. The Bertz CT molecular complexity index is 335. The molecule has 0 spiro atoms. The van der Waals surface area contributed by atoms with Crippen LogP contribution < -0.4 is 0 Å². The molecule has 0 bridgehead atoms. The third-order valence-electron chi connectivity index (χ3n) is 2.93. The molecule has 0 fully saturated rings. The Balaban J connectivity index is 2.72. The Morgan fingerprint density at radius 3 is 2.65 bits per heavy atom. The molecular formula is C13H21NO2S. The highest BCUT2D eigenvalue weighted by Crippen LogP contribution is 2.19. The van der Waals surface area contributed by atoms with E-state index in [1.165, 1.54) is 4.88 Å². The van der Waals surface area contributed by atoms with Gasteiger partial charge in [-0.25, -0.2) is 0 Å². The zero-order chi connectivity index (χ0) is 12.8. The van der Waals surface area contributed by atoms with Crippen LogP contribution in [0.3, 0.4) is 0 Å². The van der Waals surface area contributed by atoms with E-state index in [0.717, 1.165) is 13.0 Å². The number of rotatable bonds is 7. The second-order valence-corrected chi connectivity index (χ2v) is 5.54. The van der Waals surface area contributed by atoms with Crippen molar-refractivity contribution in [1.82, 2.24) is 4.90 Å². The smallest absolute Gasteiger partial charge is 0.304 e. The van der Waals surface area contributed by atoms with Crippen LogP contribution in [0.15, 0.2) is 17.5 Å². The lowest BCUT2D eigenvalue weighted by molar-refractivity contribution is -0.138. The Morgan fingerprint density at radius 2 is 2.24 bits per heavy atom. The number of carboxylic acid groups (broad SMARTS) is 1. The number of aliphatic carboxylic acids is 1. The largest absolute Gasteiger partial charge is 0.481 e. The van der Waals surface area contributed by atoms with E-state index in [9.17, 15) is 4.79 Å². The standard InChI is InChI=1S/C13H21NO2S/c1-4-11(8-13(15)16)14(10(2)3)9-12-6-5-7-17-12/h5-7,10-11H,4,8-9H2,1-3H3,(H,15,16). The zero-order valence-corrected chi connectivity index (χ0v) is 11.5. The van der Waals surface area contributed by atoms with Gasteiger partial charge in [0.15, 0.2) is 0 Å². The average molecular weight is 255 g/mol. The van der Waals surface area contributed by atoms with Gasteiger partial charge in [0.25, 0.3) is 0 Å². The second-order valence-electron chi connectivity index (χ2n) is 4.51. The molecule has 0 aliphatic carbocycles. The average Bonchev–Trinajstić information content (AvgIpc) is 2.75. The summed E-state index contributed by atoms with van der Waals surface area (Å²) in [5.74, 6) is -0.714. The van der Waals surface area contributed by atoms with Crippen molar-refractivity contribution >= 4 is 17.3 Å². The van der Waals surface area contributed by atoms with E-state index >= 15 is 0 Å². The zero-order valence-electron chi connectivity index (χ0n) is 10.7. The highest BCUT2D eigenvalue weighted by Gasteiger charge is 2.22. The number of hydrogen-bond donors (Lipinski definition) is 1. The van der Waals surface area contributed by atoms with Gasteiger partial charge < -0.3 is 5.11 Å². The molecule has 0 aliphatic heterocycles. The summed E-state index contributed by atoms with van der Waals surface area (Å²) in [4.78, 5) is 14.4. The molecular weight excluding hydrogens is 234 g/mol. The fourth-order valence-electron chi connectivity index (χ4n) is 2.01. The monoisotopic (exact) mass is 255 g/mol. The normalized spacial score (nSPS) is 13.2. The van der Waals surface area contributed by atoms with Crippen LogP contribution in [-0.4, -0.2) is 28.1 Å². The van der Waals surface area contributed by atoms with Crippen molar-refractivity contribution in [2.24, 2.45) is 0 Å². The van der Waals surface area contributed by atoms with Crippen molar-refractivity contribution in [3.63, 3.8) is 0 Å². The summed E-state index contributed by atoms with van der Waals surface area (Å²) in [6, 6.07) is 4.63. The van der Waals surface area contributed by atoms with E-state index in [1.807, 2.05) is 6.07 Å². The van der Waals surface area contributed by atoms with Gasteiger partial charge in [-0.15, -0.1) is 11.3 Å². The first-order valence-corrected chi connectivity index (χ1v) is 6.92. The van der Waals surface area contributed by atoms with Gasteiger partial charge in [0.1, 0.15) is 0 Å². The van der Waals surface area contributed by atoms with Crippen molar-refractivity contribution < 1.29 is 9.90 Å². The summed E-state index contributed by atoms with van der Waals surface area (Å²) in [7, 11) is 0. The Labute approximate surface area is 107 Å². The topological polar surface area (TPSA) is 40.5 Å². The second kappa shape index (κ2) is 6.77. The van der Waals surface area contributed by atoms with Gasteiger partial charge in [-0.1, -0.05) is 13.0 Å². The lowest BCUT2D eigenvalue weighted by Crippen LogP contribution is -2.40. The van der Waals surface area contributed by atoms with E-state index in [4.69, 9.17) is 5.11 Å². The molecule has 1 N–H and O–H groups in total. The van der Waals surface area contributed by atoms with Crippen molar-refractivity contribution in [2.45, 2.75) is 52.2 Å². The molecule has 1 aromatic rings. The number of hydrogen-bond acceptors (Lipinski definition) is 3. The minimum Gasteiger partial charge on any atom is -0.481 e. The molecule has 0 aromatic carbocycles. The van der Waals surface area contributed by atoms with E-state index < -0.39 is 5.97 Å². The number of thiophene rings is 1. The summed E-state index contributed by atoms with van der Waals surface area (Å²) >= 11 is 1.73. The quantitative estimate of drug-likeness (QED) is 0.813. The molecule has 1 rings (SSSR count). The van der Waals surface area contributed by atoms with Crippen LogP contribution in [0.5, 0.6) is 0 Å². The molecule has 1 atom stereocenters. The lowest BCUT2D eigenvalue weighted by atomic mass is 10.1. The SMILES string of the molecule is CCC(CC(=O)O)N(Cc1cccs1)C(C)C. The third kappa shape index (κ3) is 4.48. The van der Waals surface area contributed by atoms with Crippen LogP contribution >= 0.6 is 11.3 Å². The van der Waals surface area contributed by atoms with Crippen molar-refractivity contribution in [3.05, 3.63) is 22.4 Å². The molecule has 3 nitrogen and oxygen atoms in total. The first-order chi connectivity index (χ1) is 8.04. The predicted octanol–water partition coefficient (Wildman–Crippen LogP) is 3.21. The van der Waals surface area contributed by atoms with Gasteiger partial charge in [-0.3, -0.25) is 9.69 Å². The molecule has 0 amide bonds. The Kier molecular flexibility index (Phi) is 5.65. The maximum absolute atomic E-state index is 10.9. The maximum atomic E-state index is 10.9. The predicted molar refractivity (Wildman–Crippen MR) is 71.3 cm³/mol. The fraction of sp³-hybridized carbons (Fsp3) is 0.615. The lowest BCUT2D eigenvalue weighted by Gasteiger charge is -2.33. The van der Waals surface area contributed by atoms with E-state index in [1.54, 1.807) is 11.3 Å². The van der Waals surface area contributed by atoms with Gasteiger partial charge in [-0.05, 0) is 31.7 Å². The summed E-state index contributed by atoms with van der Waals surface area (Å²) in [5, 5.41) is 11.0. The summed E-state index contributed by atoms with van der Waals surface area (Å²) in [5.41, 5.74) is 0. The molecule has 1 aromatic heterocycles. The minimum atomic E-state index is -0.714. The fourth-order valence-corrected chi connectivity index (χ4v) is 2.73. The van der Waals surface area contributed by atoms with Crippen LogP contribution in [0.25, 0.3) is 0 Å². The van der Waals surface area contributed by atoms with Crippen molar-refractivity contribution in [3.8, 4) is 0 Å². The van der Waals surface area contributed by atoms with Crippen LogP contribution in [0.2, 0.25) is 0 Å². The van der Waals surface area contributed by atoms with Crippen LogP contribution in [-0.2, 0) is 11.3 Å². The van der Waals surface area contributed by atoms with Crippen LogP contribution in [0.1, 0.15) is 38.5 Å². The maximum Gasteiger partial charge on any atom is 0.304 e. The molecule has 96 valence electrons. The first-order valence-electron chi connectivity index (χ1n) is 6.04. The summed E-state index contributed by atoms with van der Waals surface area (Å²) in [6.07, 6.45) is 1.09. The van der Waals surface area contributed by atoms with E-state index in [2.05, 4.69) is 37.1 Å². The first kappa shape index (κ1) is 14.2. The van der Waals surface area contributed by atoms with Gasteiger partial charge in [0, 0.05) is 23.5 Å². The summed E-state index contributed by atoms with van der Waals surface area (Å²) in [6.45, 7) is 7.15. The number of carboxylic acids is 1. The molecule has 0 radical (unpaired) electrons. The molecule has 17 heavy (non-hydrogen) atoms. The van der Waals surface area contributed by atoms with Gasteiger partial charge in [-0.2, -0.15) is 0 Å². The molecule has 0 saturated heterocycles. The third-order valence-corrected chi connectivity index (χ3v) is 3.79. The molecule has 1 heterocycles. The Hall–Kier alpha value is -0.870. The molecule has 4 heteroatoms. The van der Waals surface area contributed by atoms with E-state index in [0.29, 0.717) is 6.04 Å². The molecule has 0 saturated carbocycles. The van der Waals surface area contributed by atoms with E-state index in [-0.39, 0.29) is 12.5 Å². The number of nitrogens with zero attached hydrogens (tertiary/aromatic N) is 1. The van der Waals surface area contributed by atoms with Gasteiger partial charge in [0.05, 0.1) is 6.42 Å².